The zero-order valence-corrected chi connectivity index (χ0v) is 12.6. The Morgan fingerprint density at radius 2 is 1.76 bits per heavy atom. The number of benzene rings is 2. The average molecular weight is 326 g/mol. The SMILES string of the molecule is Cc1cccc(NS(=O)(=O)c2ccc(Cl)cc2)c1C(=O)O. The molecule has 0 aliphatic heterocycles. The Kier molecular flexibility index (Phi) is 4.20. The molecule has 0 spiro atoms. The lowest BCUT2D eigenvalue weighted by molar-refractivity contribution is 0.0697. The lowest BCUT2D eigenvalue weighted by Crippen LogP contribution is -2.16. The molecule has 7 heteroatoms. The van der Waals surface area contributed by atoms with E-state index in [9.17, 15) is 18.3 Å². The number of nitrogens with one attached hydrogen (secondary N) is 1. The van der Waals surface area contributed by atoms with Gasteiger partial charge in [0.25, 0.3) is 10.0 Å². The van der Waals surface area contributed by atoms with E-state index < -0.39 is 16.0 Å². The van der Waals surface area contributed by atoms with Crippen molar-refractivity contribution in [2.24, 2.45) is 0 Å². The summed E-state index contributed by atoms with van der Waals surface area (Å²) in [4.78, 5) is 11.3. The molecule has 0 aliphatic carbocycles. The summed E-state index contributed by atoms with van der Waals surface area (Å²) in [6.45, 7) is 1.60. The first-order valence-electron chi connectivity index (χ1n) is 5.92. The minimum absolute atomic E-state index is 0.00439. The number of hydrogen-bond acceptors (Lipinski definition) is 3. The molecule has 2 rings (SSSR count). The van der Waals surface area contributed by atoms with E-state index in [1.165, 1.54) is 30.3 Å². The fourth-order valence-corrected chi connectivity index (χ4v) is 3.05. The molecule has 0 saturated carbocycles. The third-order valence-corrected chi connectivity index (χ3v) is 4.49. The minimum Gasteiger partial charge on any atom is -0.478 e. The van der Waals surface area contributed by atoms with Gasteiger partial charge in [-0.3, -0.25) is 4.72 Å². The quantitative estimate of drug-likeness (QED) is 0.904. The Labute approximate surface area is 127 Å². The third kappa shape index (κ3) is 3.34. The summed E-state index contributed by atoms with van der Waals surface area (Å²) in [6, 6.07) is 10.2. The van der Waals surface area contributed by atoms with E-state index in [4.69, 9.17) is 11.6 Å². The Morgan fingerprint density at radius 1 is 1.14 bits per heavy atom. The smallest absolute Gasteiger partial charge is 0.338 e. The van der Waals surface area contributed by atoms with Crippen LogP contribution in [0.2, 0.25) is 5.02 Å². The van der Waals surface area contributed by atoms with Gasteiger partial charge in [0, 0.05) is 5.02 Å². The number of carboxylic acids is 1. The Hall–Kier alpha value is -2.05. The Morgan fingerprint density at radius 3 is 2.33 bits per heavy atom. The highest BCUT2D eigenvalue weighted by Crippen LogP contribution is 2.23. The van der Waals surface area contributed by atoms with Gasteiger partial charge in [-0.1, -0.05) is 23.7 Å². The molecule has 21 heavy (non-hydrogen) atoms. The van der Waals surface area contributed by atoms with Crippen LogP contribution in [-0.4, -0.2) is 19.5 Å². The summed E-state index contributed by atoms with van der Waals surface area (Å²) in [6.07, 6.45) is 0. The first-order valence-corrected chi connectivity index (χ1v) is 7.78. The van der Waals surface area contributed by atoms with Gasteiger partial charge in [0.2, 0.25) is 0 Å². The maximum absolute atomic E-state index is 12.3. The van der Waals surface area contributed by atoms with Gasteiger partial charge in [0.15, 0.2) is 0 Å². The molecule has 0 aromatic heterocycles. The number of carbonyl (C=O) groups is 1. The zero-order valence-electron chi connectivity index (χ0n) is 11.0. The molecule has 2 aromatic carbocycles. The molecule has 5 nitrogen and oxygen atoms in total. The van der Waals surface area contributed by atoms with Crippen molar-refractivity contribution in [3.05, 3.63) is 58.6 Å². The highest BCUT2D eigenvalue weighted by Gasteiger charge is 2.19. The number of sulfonamides is 1. The summed E-state index contributed by atoms with van der Waals surface area (Å²) in [7, 11) is -3.87. The summed E-state index contributed by atoms with van der Waals surface area (Å²) in [5, 5.41) is 9.61. The standard InChI is InChI=1S/C14H12ClNO4S/c1-9-3-2-4-12(13(9)14(17)18)16-21(19,20)11-7-5-10(15)6-8-11/h2-8,16H,1H3,(H,17,18). The van der Waals surface area contributed by atoms with E-state index in [0.29, 0.717) is 10.6 Å². The van der Waals surface area contributed by atoms with Gasteiger partial charge < -0.3 is 5.11 Å². The molecule has 0 amide bonds. The van der Waals surface area contributed by atoms with Crippen LogP contribution in [0.1, 0.15) is 15.9 Å². The number of rotatable bonds is 4. The normalized spacial score (nSPS) is 11.1. The van der Waals surface area contributed by atoms with Crippen LogP contribution in [0.4, 0.5) is 5.69 Å². The maximum Gasteiger partial charge on any atom is 0.338 e. The minimum atomic E-state index is -3.87. The Balaban J connectivity index is 2.44. The van der Waals surface area contributed by atoms with Crippen LogP contribution in [0.5, 0.6) is 0 Å². The van der Waals surface area contributed by atoms with E-state index in [0.717, 1.165) is 0 Å². The number of carboxylic acid groups (broad SMARTS) is 1. The van der Waals surface area contributed by atoms with Crippen LogP contribution in [0, 0.1) is 6.92 Å². The van der Waals surface area contributed by atoms with Gasteiger partial charge in [0.05, 0.1) is 16.1 Å². The van der Waals surface area contributed by atoms with Crippen molar-refractivity contribution in [3.8, 4) is 0 Å². The highest BCUT2D eigenvalue weighted by molar-refractivity contribution is 7.92. The van der Waals surface area contributed by atoms with E-state index in [1.807, 2.05) is 0 Å². The van der Waals surface area contributed by atoms with Crippen LogP contribution in [0.15, 0.2) is 47.4 Å². The van der Waals surface area contributed by atoms with Crippen molar-refractivity contribution in [1.29, 1.82) is 0 Å². The molecule has 0 aliphatic rings. The predicted octanol–water partition coefficient (Wildman–Crippen LogP) is 3.15. The summed E-state index contributed by atoms with van der Waals surface area (Å²) < 4.78 is 26.8. The van der Waals surface area contributed by atoms with Crippen molar-refractivity contribution < 1.29 is 18.3 Å². The predicted molar refractivity (Wildman–Crippen MR) is 80.4 cm³/mol. The first-order chi connectivity index (χ1) is 9.81. The third-order valence-electron chi connectivity index (χ3n) is 2.85. The number of aryl methyl sites for hydroxylation is 1. The second-order valence-electron chi connectivity index (χ2n) is 4.36. The topological polar surface area (TPSA) is 83.5 Å². The molecule has 2 aromatic rings. The van der Waals surface area contributed by atoms with Gasteiger partial charge in [-0.05, 0) is 42.8 Å². The van der Waals surface area contributed by atoms with Crippen molar-refractivity contribution in [3.63, 3.8) is 0 Å². The lowest BCUT2D eigenvalue weighted by atomic mass is 10.1. The zero-order chi connectivity index (χ0) is 15.6. The molecule has 2 N–H and O–H groups in total. The maximum atomic E-state index is 12.3. The van der Waals surface area contributed by atoms with Crippen LogP contribution < -0.4 is 4.72 Å². The molecule has 0 atom stereocenters. The molecule has 0 radical (unpaired) electrons. The average Bonchev–Trinajstić information content (AvgIpc) is 2.38. The van der Waals surface area contributed by atoms with Crippen molar-refractivity contribution in [2.75, 3.05) is 4.72 Å². The van der Waals surface area contributed by atoms with Gasteiger partial charge in [0.1, 0.15) is 0 Å². The molecule has 0 heterocycles. The van der Waals surface area contributed by atoms with E-state index >= 15 is 0 Å². The first kappa shape index (κ1) is 15.3. The fourth-order valence-electron chi connectivity index (χ4n) is 1.85. The van der Waals surface area contributed by atoms with Crippen LogP contribution in [0.3, 0.4) is 0 Å². The molecule has 0 saturated heterocycles. The molecular weight excluding hydrogens is 314 g/mol. The molecule has 0 fully saturated rings. The van der Waals surface area contributed by atoms with Crippen LogP contribution in [-0.2, 0) is 10.0 Å². The van der Waals surface area contributed by atoms with E-state index in [2.05, 4.69) is 4.72 Å². The summed E-state index contributed by atoms with van der Waals surface area (Å²) in [5.41, 5.74) is 0.422. The molecule has 110 valence electrons. The van der Waals surface area contributed by atoms with Crippen LogP contribution >= 0.6 is 11.6 Å². The number of hydrogen-bond donors (Lipinski definition) is 2. The van der Waals surface area contributed by atoms with Gasteiger partial charge in [-0.25, -0.2) is 13.2 Å². The summed E-state index contributed by atoms with van der Waals surface area (Å²) >= 11 is 5.72. The second kappa shape index (κ2) is 5.75. The highest BCUT2D eigenvalue weighted by atomic mass is 35.5. The van der Waals surface area contributed by atoms with Crippen molar-refractivity contribution >= 4 is 33.3 Å². The largest absolute Gasteiger partial charge is 0.478 e. The molecule has 0 unspecified atom stereocenters. The fraction of sp³-hybridized carbons (Fsp3) is 0.0714. The summed E-state index contributed by atoms with van der Waals surface area (Å²) in [5.74, 6) is -1.19. The van der Waals surface area contributed by atoms with Gasteiger partial charge >= 0.3 is 5.97 Å². The Bertz CT molecular complexity index is 785. The number of halogens is 1. The second-order valence-corrected chi connectivity index (χ2v) is 6.48. The number of anilines is 1. The lowest BCUT2D eigenvalue weighted by Gasteiger charge is -2.12. The van der Waals surface area contributed by atoms with Crippen molar-refractivity contribution in [1.82, 2.24) is 0 Å². The number of aromatic carboxylic acids is 1. The van der Waals surface area contributed by atoms with E-state index in [1.54, 1.807) is 19.1 Å². The van der Waals surface area contributed by atoms with Gasteiger partial charge in [-0.15, -0.1) is 0 Å². The molecular formula is C14H12ClNO4S. The van der Waals surface area contributed by atoms with E-state index in [-0.39, 0.29) is 16.1 Å². The van der Waals surface area contributed by atoms with Crippen LogP contribution in [0.25, 0.3) is 0 Å². The van der Waals surface area contributed by atoms with Gasteiger partial charge in [-0.2, -0.15) is 0 Å². The molecule has 0 bridgehead atoms. The monoisotopic (exact) mass is 325 g/mol. The van der Waals surface area contributed by atoms with Crippen molar-refractivity contribution in [2.45, 2.75) is 11.8 Å².